The number of rotatable bonds is 5. The second-order valence-corrected chi connectivity index (χ2v) is 5.72. The number of carbonyl (C=O) groups is 2. The number of carbonyl (C=O) groups excluding carboxylic acids is 2. The Bertz CT molecular complexity index is 589. The van der Waals surface area contributed by atoms with Crippen molar-refractivity contribution in [3.8, 4) is 11.5 Å². The van der Waals surface area contributed by atoms with Crippen LogP contribution in [0.5, 0.6) is 11.5 Å². The van der Waals surface area contributed by atoms with Crippen LogP contribution in [0.1, 0.15) is 20.3 Å². The molecule has 0 aromatic heterocycles. The summed E-state index contributed by atoms with van der Waals surface area (Å²) in [5.41, 5.74) is 0.723. The van der Waals surface area contributed by atoms with Crippen molar-refractivity contribution in [1.29, 1.82) is 0 Å². The van der Waals surface area contributed by atoms with Crippen molar-refractivity contribution in [2.75, 3.05) is 25.7 Å². The van der Waals surface area contributed by atoms with E-state index in [4.69, 9.17) is 9.47 Å². The second-order valence-electron chi connectivity index (χ2n) is 5.72. The third kappa shape index (κ3) is 4.06. The van der Waals surface area contributed by atoms with Gasteiger partial charge in [0.15, 0.2) is 11.5 Å². The minimum atomic E-state index is -0.257. The van der Waals surface area contributed by atoms with Gasteiger partial charge in [-0.2, -0.15) is 0 Å². The van der Waals surface area contributed by atoms with Crippen molar-refractivity contribution in [2.24, 2.45) is 0 Å². The first-order valence-corrected chi connectivity index (χ1v) is 7.54. The van der Waals surface area contributed by atoms with Gasteiger partial charge in [0, 0.05) is 30.8 Å². The van der Waals surface area contributed by atoms with Gasteiger partial charge in [-0.25, -0.2) is 4.79 Å². The minimum absolute atomic E-state index is 0.0351. The van der Waals surface area contributed by atoms with E-state index < -0.39 is 0 Å². The molecule has 2 N–H and O–H groups in total. The van der Waals surface area contributed by atoms with Gasteiger partial charge in [0.1, 0.15) is 0 Å². The average Bonchev–Trinajstić information content (AvgIpc) is 2.85. The van der Waals surface area contributed by atoms with Crippen LogP contribution in [-0.2, 0) is 4.79 Å². The highest BCUT2D eigenvalue weighted by Crippen LogP contribution is 2.33. The third-order valence-electron chi connectivity index (χ3n) is 3.56. The zero-order valence-electron chi connectivity index (χ0n) is 13.9. The maximum absolute atomic E-state index is 12.2. The molecule has 3 amide bonds. The molecule has 1 aliphatic heterocycles. The number of methoxy groups -OCH3 is 2. The molecule has 0 aliphatic carbocycles. The first kappa shape index (κ1) is 16.9. The van der Waals surface area contributed by atoms with Crippen molar-refractivity contribution >= 4 is 17.6 Å². The van der Waals surface area contributed by atoms with Gasteiger partial charge in [0.25, 0.3) is 0 Å². The molecule has 7 heteroatoms. The van der Waals surface area contributed by atoms with Crippen molar-refractivity contribution in [3.05, 3.63) is 18.2 Å². The second kappa shape index (κ2) is 7.21. The largest absolute Gasteiger partial charge is 0.493 e. The van der Waals surface area contributed by atoms with E-state index in [2.05, 4.69) is 10.6 Å². The summed E-state index contributed by atoms with van der Waals surface area (Å²) >= 11 is 0. The quantitative estimate of drug-likeness (QED) is 0.862. The fourth-order valence-corrected chi connectivity index (χ4v) is 2.54. The van der Waals surface area contributed by atoms with Crippen molar-refractivity contribution in [1.82, 2.24) is 10.6 Å². The van der Waals surface area contributed by atoms with Crippen LogP contribution in [0.4, 0.5) is 10.5 Å². The lowest BCUT2D eigenvalue weighted by atomic mass is 10.2. The number of nitrogens with one attached hydrogen (secondary N) is 2. The van der Waals surface area contributed by atoms with Gasteiger partial charge in [0.2, 0.25) is 5.91 Å². The topological polar surface area (TPSA) is 79.9 Å². The Kier molecular flexibility index (Phi) is 5.31. The summed E-state index contributed by atoms with van der Waals surface area (Å²) in [5, 5.41) is 5.58. The van der Waals surface area contributed by atoms with Gasteiger partial charge < -0.3 is 25.0 Å². The van der Waals surface area contributed by atoms with Crippen LogP contribution in [0, 0.1) is 0 Å². The SMILES string of the molecule is COc1ccc(N2C[C@@H](NC(=O)NC(C)C)CC2=O)cc1OC. The zero-order chi connectivity index (χ0) is 17.0. The van der Waals surface area contributed by atoms with Crippen LogP contribution in [0.25, 0.3) is 0 Å². The number of nitrogens with zero attached hydrogens (tertiary/aromatic N) is 1. The van der Waals surface area contributed by atoms with Crippen LogP contribution in [0.2, 0.25) is 0 Å². The Morgan fingerprint density at radius 3 is 2.57 bits per heavy atom. The average molecular weight is 321 g/mol. The highest BCUT2D eigenvalue weighted by molar-refractivity contribution is 5.97. The molecule has 2 rings (SSSR count). The predicted molar refractivity (Wildman–Crippen MR) is 87.1 cm³/mol. The molecule has 1 saturated heterocycles. The first-order chi connectivity index (χ1) is 10.9. The smallest absolute Gasteiger partial charge is 0.315 e. The van der Waals surface area contributed by atoms with E-state index in [9.17, 15) is 9.59 Å². The molecule has 126 valence electrons. The summed E-state index contributed by atoms with van der Waals surface area (Å²) in [7, 11) is 3.11. The van der Waals surface area contributed by atoms with Gasteiger partial charge >= 0.3 is 6.03 Å². The lowest BCUT2D eigenvalue weighted by Gasteiger charge is -2.19. The molecule has 0 radical (unpaired) electrons. The summed E-state index contributed by atoms with van der Waals surface area (Å²) in [5.74, 6) is 1.13. The molecule has 1 aromatic rings. The molecule has 0 saturated carbocycles. The summed E-state index contributed by atoms with van der Waals surface area (Å²) < 4.78 is 10.5. The Balaban J connectivity index is 2.07. The fourth-order valence-electron chi connectivity index (χ4n) is 2.54. The number of ether oxygens (including phenoxy) is 2. The van der Waals surface area contributed by atoms with E-state index in [1.54, 1.807) is 37.3 Å². The zero-order valence-corrected chi connectivity index (χ0v) is 13.9. The first-order valence-electron chi connectivity index (χ1n) is 7.54. The van der Waals surface area contributed by atoms with Gasteiger partial charge in [-0.3, -0.25) is 4.79 Å². The standard InChI is InChI=1S/C16H23N3O4/c1-10(2)17-16(21)18-11-7-15(20)19(9-11)12-5-6-13(22-3)14(8-12)23-4/h5-6,8,10-11H,7,9H2,1-4H3,(H2,17,18,21)/t11-/m0/s1. The van der Waals surface area contributed by atoms with Gasteiger partial charge in [-0.05, 0) is 26.0 Å². The summed E-state index contributed by atoms with van der Waals surface area (Å²) in [6.07, 6.45) is 0.278. The highest BCUT2D eigenvalue weighted by atomic mass is 16.5. The predicted octanol–water partition coefficient (Wildman–Crippen LogP) is 1.52. The monoisotopic (exact) mass is 321 g/mol. The van der Waals surface area contributed by atoms with Crippen LogP contribution >= 0.6 is 0 Å². The van der Waals surface area contributed by atoms with Gasteiger partial charge in [-0.1, -0.05) is 0 Å². The number of anilines is 1. The lowest BCUT2D eigenvalue weighted by molar-refractivity contribution is -0.117. The molecule has 0 bridgehead atoms. The molecule has 0 spiro atoms. The maximum atomic E-state index is 12.2. The van der Waals surface area contributed by atoms with E-state index in [1.165, 1.54) is 0 Å². The van der Waals surface area contributed by atoms with E-state index in [0.717, 1.165) is 5.69 Å². The normalized spacial score (nSPS) is 17.3. The van der Waals surface area contributed by atoms with Gasteiger partial charge in [0.05, 0.1) is 20.3 Å². The Hall–Kier alpha value is -2.44. The van der Waals surface area contributed by atoms with Crippen LogP contribution in [-0.4, -0.2) is 44.8 Å². The van der Waals surface area contributed by atoms with Crippen LogP contribution < -0.4 is 25.0 Å². The maximum Gasteiger partial charge on any atom is 0.315 e. The molecule has 23 heavy (non-hydrogen) atoms. The van der Waals surface area contributed by atoms with E-state index in [1.807, 2.05) is 13.8 Å². The minimum Gasteiger partial charge on any atom is -0.493 e. The summed E-state index contributed by atoms with van der Waals surface area (Å²) in [6, 6.07) is 4.90. The molecule has 1 aromatic carbocycles. The van der Waals surface area contributed by atoms with E-state index in [-0.39, 0.29) is 30.4 Å². The van der Waals surface area contributed by atoms with Crippen LogP contribution in [0.15, 0.2) is 18.2 Å². The number of benzene rings is 1. The molecule has 1 heterocycles. The molecule has 7 nitrogen and oxygen atoms in total. The Morgan fingerprint density at radius 1 is 1.26 bits per heavy atom. The van der Waals surface area contributed by atoms with Crippen molar-refractivity contribution in [2.45, 2.75) is 32.4 Å². The number of amides is 3. The number of hydrogen-bond donors (Lipinski definition) is 2. The van der Waals surface area contributed by atoms with Crippen molar-refractivity contribution in [3.63, 3.8) is 0 Å². The van der Waals surface area contributed by atoms with Crippen molar-refractivity contribution < 1.29 is 19.1 Å². The van der Waals surface area contributed by atoms with Crippen LogP contribution in [0.3, 0.4) is 0 Å². The van der Waals surface area contributed by atoms with E-state index >= 15 is 0 Å². The lowest BCUT2D eigenvalue weighted by Crippen LogP contribution is -2.45. The fraction of sp³-hybridized carbons (Fsp3) is 0.500. The van der Waals surface area contributed by atoms with E-state index in [0.29, 0.717) is 18.0 Å². The molecule has 1 aliphatic rings. The van der Waals surface area contributed by atoms with Gasteiger partial charge in [-0.15, -0.1) is 0 Å². The third-order valence-corrected chi connectivity index (χ3v) is 3.56. The summed E-state index contributed by atoms with van der Waals surface area (Å²) in [6.45, 7) is 4.20. The molecular weight excluding hydrogens is 298 g/mol. The molecular formula is C16H23N3O4. The number of urea groups is 1. The molecule has 0 unspecified atom stereocenters. The Morgan fingerprint density at radius 2 is 1.96 bits per heavy atom. The molecule has 1 fully saturated rings. The Labute approximate surface area is 135 Å². The highest BCUT2D eigenvalue weighted by Gasteiger charge is 2.32. The number of hydrogen-bond acceptors (Lipinski definition) is 4. The molecule has 1 atom stereocenters. The summed E-state index contributed by atoms with van der Waals surface area (Å²) in [4.78, 5) is 25.6.